The van der Waals surface area contributed by atoms with Crippen molar-refractivity contribution in [1.29, 1.82) is 0 Å². The fourth-order valence-electron chi connectivity index (χ4n) is 3.10. The van der Waals surface area contributed by atoms with Gasteiger partial charge >= 0.3 is 0 Å². The lowest BCUT2D eigenvalue weighted by Gasteiger charge is -2.33. The summed E-state index contributed by atoms with van der Waals surface area (Å²) in [7, 11) is 0. The highest BCUT2D eigenvalue weighted by molar-refractivity contribution is 6.31. The first-order valence-corrected chi connectivity index (χ1v) is 8.22. The van der Waals surface area contributed by atoms with Crippen molar-refractivity contribution in [2.45, 2.75) is 44.6 Å². The third-order valence-electron chi connectivity index (χ3n) is 4.25. The molecule has 1 saturated carbocycles. The van der Waals surface area contributed by atoms with Crippen molar-refractivity contribution >= 4 is 17.4 Å². The Morgan fingerprint density at radius 2 is 2.00 bits per heavy atom. The van der Waals surface area contributed by atoms with Crippen LogP contribution >= 0.6 is 11.6 Å². The van der Waals surface area contributed by atoms with Crippen LogP contribution in [-0.2, 0) is 0 Å². The number of aliphatic hydroxyl groups excluding tert-OH is 1. The zero-order valence-corrected chi connectivity index (χ0v) is 13.2. The number of carbonyl (C=O) groups is 1. The largest absolute Gasteiger partial charge is 0.395 e. The molecule has 0 saturated heterocycles. The maximum Gasteiger partial charge on any atom is 0.164 e. The number of hydrogen-bond acceptors (Lipinski definition) is 3. The van der Waals surface area contributed by atoms with Gasteiger partial charge in [0.05, 0.1) is 6.61 Å². The molecule has 1 aromatic rings. The number of nitrogens with zero attached hydrogens (tertiary/aromatic N) is 1. The lowest BCUT2D eigenvalue weighted by molar-refractivity contribution is 0.0903. The summed E-state index contributed by atoms with van der Waals surface area (Å²) in [4.78, 5) is 14.5. The van der Waals surface area contributed by atoms with Crippen molar-refractivity contribution in [3.8, 4) is 0 Å². The SMILES string of the molecule is O=C(CCN(CCO)C1CCCCC1)c1cccc(Cl)c1. The Hall–Kier alpha value is -0.900. The molecule has 0 spiro atoms. The lowest BCUT2D eigenvalue weighted by atomic mass is 9.94. The van der Waals surface area contributed by atoms with Crippen molar-refractivity contribution in [2.75, 3.05) is 19.7 Å². The summed E-state index contributed by atoms with van der Waals surface area (Å²) in [6.07, 6.45) is 6.68. The van der Waals surface area contributed by atoms with Crippen LogP contribution in [0.5, 0.6) is 0 Å². The molecule has 116 valence electrons. The molecular formula is C17H24ClNO2. The van der Waals surface area contributed by atoms with E-state index in [4.69, 9.17) is 11.6 Å². The Morgan fingerprint density at radius 1 is 1.24 bits per heavy atom. The van der Waals surface area contributed by atoms with Gasteiger partial charge in [0.15, 0.2) is 5.78 Å². The number of rotatable bonds is 7. The second-order valence-corrected chi connectivity index (χ2v) is 6.17. The minimum Gasteiger partial charge on any atom is -0.395 e. The molecule has 0 amide bonds. The van der Waals surface area contributed by atoms with Gasteiger partial charge in [0.1, 0.15) is 0 Å². The number of aliphatic hydroxyl groups is 1. The highest BCUT2D eigenvalue weighted by Gasteiger charge is 2.21. The number of ketones is 1. The predicted octanol–water partition coefficient (Wildman–Crippen LogP) is 3.54. The quantitative estimate of drug-likeness (QED) is 0.783. The van der Waals surface area contributed by atoms with Crippen LogP contribution in [0.4, 0.5) is 0 Å². The van der Waals surface area contributed by atoms with E-state index in [0.717, 1.165) is 6.54 Å². The van der Waals surface area contributed by atoms with Crippen LogP contribution in [0.15, 0.2) is 24.3 Å². The van der Waals surface area contributed by atoms with Crippen molar-refractivity contribution in [2.24, 2.45) is 0 Å². The van der Waals surface area contributed by atoms with E-state index in [9.17, 15) is 9.90 Å². The van der Waals surface area contributed by atoms with E-state index in [1.54, 1.807) is 12.1 Å². The molecular weight excluding hydrogens is 286 g/mol. The van der Waals surface area contributed by atoms with Crippen molar-refractivity contribution in [1.82, 2.24) is 4.90 Å². The van der Waals surface area contributed by atoms with Crippen molar-refractivity contribution in [3.05, 3.63) is 34.9 Å². The number of carbonyl (C=O) groups excluding carboxylic acids is 1. The van der Waals surface area contributed by atoms with Gasteiger partial charge in [-0.2, -0.15) is 0 Å². The topological polar surface area (TPSA) is 40.5 Å². The normalized spacial score (nSPS) is 16.3. The molecule has 0 heterocycles. The van der Waals surface area contributed by atoms with Gasteiger partial charge in [0.25, 0.3) is 0 Å². The summed E-state index contributed by atoms with van der Waals surface area (Å²) in [5.74, 6) is 0.122. The second-order valence-electron chi connectivity index (χ2n) is 5.73. The minimum atomic E-state index is 0.122. The molecule has 3 nitrogen and oxygen atoms in total. The first-order chi connectivity index (χ1) is 10.2. The molecule has 0 radical (unpaired) electrons. The number of hydrogen-bond donors (Lipinski definition) is 1. The first kappa shape index (κ1) is 16.5. The summed E-state index contributed by atoms with van der Waals surface area (Å²) in [5.41, 5.74) is 0.676. The fraction of sp³-hybridized carbons (Fsp3) is 0.588. The molecule has 1 N–H and O–H groups in total. The van der Waals surface area contributed by atoms with Gasteiger partial charge in [-0.3, -0.25) is 9.69 Å². The second kappa shape index (κ2) is 8.52. The molecule has 2 rings (SSSR count). The average molecular weight is 310 g/mol. The maximum absolute atomic E-state index is 12.2. The maximum atomic E-state index is 12.2. The predicted molar refractivity (Wildman–Crippen MR) is 85.9 cm³/mol. The zero-order valence-electron chi connectivity index (χ0n) is 12.4. The zero-order chi connectivity index (χ0) is 15.1. The van der Waals surface area contributed by atoms with Gasteiger partial charge in [-0.15, -0.1) is 0 Å². The van der Waals surface area contributed by atoms with Crippen LogP contribution in [0, 0.1) is 0 Å². The van der Waals surface area contributed by atoms with Crippen molar-refractivity contribution < 1.29 is 9.90 Å². The van der Waals surface area contributed by atoms with Crippen LogP contribution in [0.1, 0.15) is 48.9 Å². The Bertz CT molecular complexity index is 458. The van der Waals surface area contributed by atoms with Crippen LogP contribution in [0.2, 0.25) is 5.02 Å². The van der Waals surface area contributed by atoms with E-state index < -0.39 is 0 Å². The highest BCUT2D eigenvalue weighted by atomic mass is 35.5. The standard InChI is InChI=1S/C17H24ClNO2/c18-15-6-4-5-14(13-15)17(21)9-10-19(11-12-20)16-7-2-1-3-8-16/h4-6,13,16,20H,1-3,7-12H2. The van der Waals surface area contributed by atoms with E-state index in [1.807, 2.05) is 12.1 Å². The third kappa shape index (κ3) is 5.10. The third-order valence-corrected chi connectivity index (χ3v) is 4.49. The van der Waals surface area contributed by atoms with Crippen LogP contribution in [0.25, 0.3) is 0 Å². The summed E-state index contributed by atoms with van der Waals surface area (Å²) >= 11 is 5.93. The fourth-order valence-corrected chi connectivity index (χ4v) is 3.29. The van der Waals surface area contributed by atoms with E-state index in [1.165, 1.54) is 32.1 Å². The summed E-state index contributed by atoms with van der Waals surface area (Å²) in [6, 6.07) is 7.64. The summed E-state index contributed by atoms with van der Waals surface area (Å²) in [5, 5.41) is 9.84. The monoisotopic (exact) mass is 309 g/mol. The molecule has 0 bridgehead atoms. The van der Waals surface area contributed by atoms with Crippen LogP contribution in [0.3, 0.4) is 0 Å². The van der Waals surface area contributed by atoms with Crippen molar-refractivity contribution in [3.63, 3.8) is 0 Å². The number of benzene rings is 1. The molecule has 1 fully saturated rings. The van der Waals surface area contributed by atoms with Crippen LogP contribution < -0.4 is 0 Å². The van der Waals surface area contributed by atoms with Gasteiger partial charge in [-0.05, 0) is 25.0 Å². The van der Waals surface area contributed by atoms with Gasteiger partial charge in [0.2, 0.25) is 0 Å². The smallest absolute Gasteiger partial charge is 0.164 e. The minimum absolute atomic E-state index is 0.122. The molecule has 1 aromatic carbocycles. The van der Waals surface area contributed by atoms with Gasteiger partial charge < -0.3 is 5.11 Å². The van der Waals surface area contributed by atoms with E-state index >= 15 is 0 Å². The average Bonchev–Trinajstić information content (AvgIpc) is 2.52. The number of halogens is 1. The molecule has 0 atom stereocenters. The molecule has 0 aromatic heterocycles. The van der Waals surface area contributed by atoms with Gasteiger partial charge in [0, 0.05) is 36.1 Å². The lowest BCUT2D eigenvalue weighted by Crippen LogP contribution is -2.40. The van der Waals surface area contributed by atoms with Gasteiger partial charge in [-0.1, -0.05) is 43.0 Å². The summed E-state index contributed by atoms with van der Waals surface area (Å²) < 4.78 is 0. The molecule has 0 aliphatic heterocycles. The molecule has 1 aliphatic carbocycles. The Labute approximate surface area is 131 Å². The molecule has 21 heavy (non-hydrogen) atoms. The Morgan fingerprint density at radius 3 is 2.67 bits per heavy atom. The first-order valence-electron chi connectivity index (χ1n) is 7.84. The van der Waals surface area contributed by atoms with E-state index in [-0.39, 0.29) is 12.4 Å². The van der Waals surface area contributed by atoms with Crippen LogP contribution in [-0.4, -0.2) is 41.5 Å². The number of Topliss-reactive ketones (excluding diaryl/α,β-unsaturated/α-hetero) is 1. The molecule has 1 aliphatic rings. The highest BCUT2D eigenvalue weighted by Crippen LogP contribution is 2.23. The Balaban J connectivity index is 1.90. The molecule has 0 unspecified atom stereocenters. The van der Waals surface area contributed by atoms with E-state index in [0.29, 0.717) is 29.6 Å². The summed E-state index contributed by atoms with van der Waals surface area (Å²) in [6.45, 7) is 1.53. The van der Waals surface area contributed by atoms with Gasteiger partial charge in [-0.25, -0.2) is 0 Å². The Kier molecular flexibility index (Phi) is 6.68. The molecule has 4 heteroatoms. The van der Waals surface area contributed by atoms with E-state index in [2.05, 4.69) is 4.90 Å².